The number of nitrogens with one attached hydrogen (secondary N) is 1. The van der Waals surface area contributed by atoms with Crippen molar-refractivity contribution in [2.45, 2.75) is 13.0 Å². The van der Waals surface area contributed by atoms with Crippen molar-refractivity contribution in [3.05, 3.63) is 36.0 Å². The van der Waals surface area contributed by atoms with Crippen LogP contribution in [0.25, 0.3) is 10.9 Å². The lowest BCUT2D eigenvalue weighted by molar-refractivity contribution is 0.820. The molecule has 1 atom stereocenters. The van der Waals surface area contributed by atoms with Gasteiger partial charge in [-0.3, -0.25) is 0 Å². The Bertz CT molecular complexity index is 387. The predicted octanol–water partition coefficient (Wildman–Crippen LogP) is 2.19. The van der Waals surface area contributed by atoms with Crippen LogP contribution in [0.1, 0.15) is 18.5 Å². The van der Waals surface area contributed by atoms with E-state index in [0.29, 0.717) is 0 Å². The molecule has 1 aromatic heterocycles. The van der Waals surface area contributed by atoms with Crippen LogP contribution in [-0.2, 0) is 0 Å². The average molecular weight is 160 g/mol. The maximum Gasteiger partial charge on any atom is 0.0457 e. The molecule has 2 nitrogen and oxygen atoms in total. The number of benzene rings is 1. The molecule has 1 heterocycles. The minimum atomic E-state index is 0.109. The zero-order valence-electron chi connectivity index (χ0n) is 7.04. The van der Waals surface area contributed by atoms with Crippen LogP contribution in [0.3, 0.4) is 0 Å². The molecule has 0 aliphatic rings. The highest BCUT2D eigenvalue weighted by Gasteiger charge is 2.00. The van der Waals surface area contributed by atoms with Crippen molar-refractivity contribution in [2.24, 2.45) is 5.73 Å². The molecular weight excluding hydrogens is 148 g/mol. The molecule has 0 saturated carbocycles. The summed E-state index contributed by atoms with van der Waals surface area (Å²) in [6, 6.07) is 8.42. The summed E-state index contributed by atoms with van der Waals surface area (Å²) in [5.74, 6) is 0. The first-order valence-corrected chi connectivity index (χ1v) is 4.10. The summed E-state index contributed by atoms with van der Waals surface area (Å²) in [7, 11) is 0. The number of aromatic nitrogens is 1. The molecule has 0 spiro atoms. The highest BCUT2D eigenvalue weighted by Crippen LogP contribution is 2.17. The Morgan fingerprint density at radius 1 is 1.33 bits per heavy atom. The Kier molecular flexibility index (Phi) is 1.62. The third-order valence-electron chi connectivity index (χ3n) is 2.10. The smallest absolute Gasteiger partial charge is 0.0457 e. The summed E-state index contributed by atoms with van der Waals surface area (Å²) in [4.78, 5) is 3.16. The summed E-state index contributed by atoms with van der Waals surface area (Å²) >= 11 is 0. The number of H-pyrrole nitrogens is 1. The predicted molar refractivity (Wildman–Crippen MR) is 50.9 cm³/mol. The Morgan fingerprint density at radius 2 is 2.17 bits per heavy atom. The van der Waals surface area contributed by atoms with E-state index in [0.717, 1.165) is 5.52 Å². The molecule has 3 N–H and O–H groups in total. The van der Waals surface area contributed by atoms with Gasteiger partial charge in [0.15, 0.2) is 0 Å². The first-order valence-electron chi connectivity index (χ1n) is 4.10. The number of hydrogen-bond donors (Lipinski definition) is 2. The number of aromatic amines is 1. The Labute approximate surface area is 71.4 Å². The molecule has 0 amide bonds. The van der Waals surface area contributed by atoms with Crippen molar-refractivity contribution < 1.29 is 0 Å². The van der Waals surface area contributed by atoms with E-state index in [1.165, 1.54) is 10.9 Å². The van der Waals surface area contributed by atoms with Gasteiger partial charge >= 0.3 is 0 Å². The summed E-state index contributed by atoms with van der Waals surface area (Å²) < 4.78 is 0. The van der Waals surface area contributed by atoms with Crippen LogP contribution < -0.4 is 5.73 Å². The van der Waals surface area contributed by atoms with Gasteiger partial charge in [-0.2, -0.15) is 0 Å². The van der Waals surface area contributed by atoms with Crippen molar-refractivity contribution in [1.29, 1.82) is 0 Å². The fourth-order valence-corrected chi connectivity index (χ4v) is 1.35. The first-order chi connectivity index (χ1) is 5.77. The first kappa shape index (κ1) is 7.37. The quantitative estimate of drug-likeness (QED) is 0.659. The lowest BCUT2D eigenvalue weighted by Gasteiger charge is -2.04. The van der Waals surface area contributed by atoms with Crippen LogP contribution in [0, 0.1) is 0 Å². The summed E-state index contributed by atoms with van der Waals surface area (Å²) in [5, 5.41) is 1.24. The van der Waals surface area contributed by atoms with E-state index < -0.39 is 0 Å². The molecular formula is C10H12N2. The van der Waals surface area contributed by atoms with E-state index in [1.54, 1.807) is 0 Å². The molecule has 0 saturated heterocycles. The van der Waals surface area contributed by atoms with Gasteiger partial charge in [-0.15, -0.1) is 0 Å². The highest BCUT2D eigenvalue weighted by atomic mass is 14.7. The van der Waals surface area contributed by atoms with Crippen molar-refractivity contribution in [3.63, 3.8) is 0 Å². The largest absolute Gasteiger partial charge is 0.361 e. The van der Waals surface area contributed by atoms with Crippen molar-refractivity contribution in [2.75, 3.05) is 0 Å². The van der Waals surface area contributed by atoms with Gasteiger partial charge in [-0.05, 0) is 30.0 Å². The van der Waals surface area contributed by atoms with Gasteiger partial charge in [0.1, 0.15) is 0 Å². The van der Waals surface area contributed by atoms with E-state index in [9.17, 15) is 0 Å². The van der Waals surface area contributed by atoms with Gasteiger partial charge in [-0.25, -0.2) is 0 Å². The third-order valence-corrected chi connectivity index (χ3v) is 2.10. The van der Waals surface area contributed by atoms with Gasteiger partial charge in [0.05, 0.1) is 0 Å². The Morgan fingerprint density at radius 3 is 2.92 bits per heavy atom. The van der Waals surface area contributed by atoms with Crippen LogP contribution >= 0.6 is 0 Å². The molecule has 12 heavy (non-hydrogen) atoms. The molecule has 0 bridgehead atoms. The maximum absolute atomic E-state index is 5.76. The molecule has 1 aromatic carbocycles. The van der Waals surface area contributed by atoms with Gasteiger partial charge < -0.3 is 10.7 Å². The maximum atomic E-state index is 5.76. The number of hydrogen-bond acceptors (Lipinski definition) is 1. The van der Waals surface area contributed by atoms with E-state index >= 15 is 0 Å². The summed E-state index contributed by atoms with van der Waals surface area (Å²) in [5.41, 5.74) is 8.09. The normalized spacial score (nSPS) is 13.5. The second-order valence-electron chi connectivity index (χ2n) is 3.11. The van der Waals surface area contributed by atoms with Crippen molar-refractivity contribution in [1.82, 2.24) is 4.98 Å². The van der Waals surface area contributed by atoms with Crippen LogP contribution in [0.5, 0.6) is 0 Å². The second kappa shape index (κ2) is 2.64. The van der Waals surface area contributed by atoms with Crippen molar-refractivity contribution in [3.8, 4) is 0 Å². The second-order valence-corrected chi connectivity index (χ2v) is 3.11. The van der Waals surface area contributed by atoms with E-state index in [-0.39, 0.29) is 6.04 Å². The standard InChI is InChI=1S/C10H12N2/c1-7(11)9-3-2-8-4-5-12-10(8)6-9/h2-7,12H,11H2,1H3/t7-/m1/s1. The van der Waals surface area contributed by atoms with E-state index in [1.807, 2.05) is 13.1 Å². The van der Waals surface area contributed by atoms with Gasteiger partial charge in [0, 0.05) is 17.8 Å². The molecule has 2 aromatic rings. The topological polar surface area (TPSA) is 41.8 Å². The number of rotatable bonds is 1. The fraction of sp³-hybridized carbons (Fsp3) is 0.200. The minimum absolute atomic E-state index is 0.109. The van der Waals surface area contributed by atoms with E-state index in [2.05, 4.69) is 29.2 Å². The van der Waals surface area contributed by atoms with Crippen LogP contribution in [-0.4, -0.2) is 4.98 Å². The monoisotopic (exact) mass is 160 g/mol. The lowest BCUT2D eigenvalue weighted by Crippen LogP contribution is -2.04. The SMILES string of the molecule is C[C@@H](N)c1ccc2cc[nH]c2c1. The minimum Gasteiger partial charge on any atom is -0.361 e. The van der Waals surface area contributed by atoms with Gasteiger partial charge in [0.2, 0.25) is 0 Å². The molecule has 0 radical (unpaired) electrons. The Hall–Kier alpha value is -1.28. The third kappa shape index (κ3) is 1.10. The summed E-state index contributed by atoms with van der Waals surface area (Å²) in [6.07, 6.45) is 1.94. The van der Waals surface area contributed by atoms with Crippen molar-refractivity contribution >= 4 is 10.9 Å². The van der Waals surface area contributed by atoms with Gasteiger partial charge in [0.25, 0.3) is 0 Å². The number of nitrogens with two attached hydrogens (primary N) is 1. The molecule has 0 unspecified atom stereocenters. The van der Waals surface area contributed by atoms with Crippen LogP contribution in [0.15, 0.2) is 30.5 Å². The van der Waals surface area contributed by atoms with Crippen LogP contribution in [0.4, 0.5) is 0 Å². The van der Waals surface area contributed by atoms with Crippen LogP contribution in [0.2, 0.25) is 0 Å². The molecule has 0 aliphatic carbocycles. The zero-order chi connectivity index (χ0) is 8.55. The molecule has 62 valence electrons. The van der Waals surface area contributed by atoms with E-state index in [4.69, 9.17) is 5.73 Å². The fourth-order valence-electron chi connectivity index (χ4n) is 1.35. The Balaban J connectivity index is 2.60. The number of fused-ring (bicyclic) bond motifs is 1. The summed E-state index contributed by atoms with van der Waals surface area (Å²) in [6.45, 7) is 1.99. The molecule has 2 heteroatoms. The van der Waals surface area contributed by atoms with Gasteiger partial charge in [-0.1, -0.05) is 12.1 Å². The average Bonchev–Trinajstić information content (AvgIpc) is 2.49. The lowest BCUT2D eigenvalue weighted by atomic mass is 10.1. The molecule has 0 fully saturated rings. The highest BCUT2D eigenvalue weighted by molar-refractivity contribution is 5.79. The molecule has 2 rings (SSSR count). The molecule has 0 aliphatic heterocycles. The zero-order valence-corrected chi connectivity index (χ0v) is 7.04.